The normalized spacial score (nSPS) is 12.8. The number of para-hydroxylation sites is 2. The summed E-state index contributed by atoms with van der Waals surface area (Å²) in [7, 11) is 0. The molecule has 0 saturated carbocycles. The number of nitrogens with one attached hydrogen (secondary N) is 3. The van der Waals surface area contributed by atoms with Crippen LogP contribution in [0.5, 0.6) is 0 Å². The molecule has 1 heterocycles. The molecule has 26 heavy (non-hydrogen) atoms. The predicted molar refractivity (Wildman–Crippen MR) is 106 cm³/mol. The van der Waals surface area contributed by atoms with Gasteiger partial charge in [0.05, 0.1) is 6.54 Å². The highest BCUT2D eigenvalue weighted by molar-refractivity contribution is 5.96. The molecule has 4 nitrogen and oxygen atoms in total. The summed E-state index contributed by atoms with van der Waals surface area (Å²) < 4.78 is 0. The van der Waals surface area contributed by atoms with Crippen molar-refractivity contribution in [1.82, 2.24) is 5.32 Å². The Bertz CT molecular complexity index is 949. The van der Waals surface area contributed by atoms with Gasteiger partial charge in [-0.2, -0.15) is 0 Å². The van der Waals surface area contributed by atoms with E-state index in [4.69, 9.17) is 0 Å². The summed E-state index contributed by atoms with van der Waals surface area (Å²) >= 11 is 0. The highest BCUT2D eigenvalue weighted by Gasteiger charge is 2.21. The van der Waals surface area contributed by atoms with Gasteiger partial charge >= 0.3 is 6.03 Å². The van der Waals surface area contributed by atoms with Crippen LogP contribution < -0.4 is 16.0 Å². The molecule has 128 valence electrons. The van der Waals surface area contributed by atoms with Gasteiger partial charge < -0.3 is 16.0 Å². The molecule has 3 aromatic rings. The number of rotatable bonds is 3. The summed E-state index contributed by atoms with van der Waals surface area (Å²) in [4.78, 5) is 12.5. The molecule has 0 aromatic heterocycles. The molecule has 0 bridgehead atoms. The van der Waals surface area contributed by atoms with Crippen LogP contribution in [0.1, 0.15) is 11.1 Å². The van der Waals surface area contributed by atoms with Crippen molar-refractivity contribution < 1.29 is 4.79 Å². The van der Waals surface area contributed by atoms with Crippen molar-refractivity contribution in [1.29, 1.82) is 0 Å². The van der Waals surface area contributed by atoms with E-state index in [1.165, 1.54) is 0 Å². The van der Waals surface area contributed by atoms with Crippen molar-refractivity contribution in [2.75, 3.05) is 17.2 Å². The molecule has 3 N–H and O–H groups in total. The Morgan fingerprint density at radius 1 is 0.769 bits per heavy atom. The summed E-state index contributed by atoms with van der Waals surface area (Å²) in [5, 5.41) is 9.28. The number of anilines is 2. The minimum Gasteiger partial charge on any atom is -0.379 e. The molecule has 4 heteroatoms. The van der Waals surface area contributed by atoms with Crippen LogP contribution in [0.15, 0.2) is 90.6 Å². The van der Waals surface area contributed by atoms with Crippen LogP contribution in [0.2, 0.25) is 0 Å². The Labute approximate surface area is 152 Å². The van der Waals surface area contributed by atoms with E-state index in [1.807, 2.05) is 60.7 Å². The topological polar surface area (TPSA) is 53.2 Å². The highest BCUT2D eigenvalue weighted by atomic mass is 16.2. The number of hydrogen-bond donors (Lipinski definition) is 3. The number of benzene rings is 3. The first-order chi connectivity index (χ1) is 12.8. The molecule has 0 aliphatic carbocycles. The Hall–Kier alpha value is -3.53. The summed E-state index contributed by atoms with van der Waals surface area (Å²) in [6.07, 6.45) is 0. The van der Waals surface area contributed by atoms with Crippen molar-refractivity contribution in [3.63, 3.8) is 0 Å². The van der Waals surface area contributed by atoms with Gasteiger partial charge in [-0.1, -0.05) is 66.7 Å². The molecular formula is C22H19N3O. The number of fused-ring (bicyclic) bond motifs is 1. The standard InChI is InChI=1S/C22H19N3O/c26-22(24-17-11-5-2-6-12-17)25-20-15-23-19-14-8-7-13-18(19)21(20)16-9-3-1-4-10-16/h1-14,23H,15H2,(H2,24,25,26). The molecule has 0 fully saturated rings. The lowest BCUT2D eigenvalue weighted by atomic mass is 9.92. The fourth-order valence-corrected chi connectivity index (χ4v) is 3.15. The van der Waals surface area contributed by atoms with Gasteiger partial charge in [0.1, 0.15) is 0 Å². The number of carbonyl (C=O) groups excluding carboxylic acids is 1. The maximum atomic E-state index is 12.5. The van der Waals surface area contributed by atoms with Crippen molar-refractivity contribution in [2.45, 2.75) is 0 Å². The molecular weight excluding hydrogens is 322 g/mol. The van der Waals surface area contributed by atoms with Gasteiger partial charge in [0.25, 0.3) is 0 Å². The molecule has 0 atom stereocenters. The summed E-state index contributed by atoms with van der Waals surface area (Å²) in [5.74, 6) is 0. The average Bonchev–Trinajstić information content (AvgIpc) is 2.69. The van der Waals surface area contributed by atoms with Crippen LogP contribution in [0.4, 0.5) is 16.2 Å². The van der Waals surface area contributed by atoms with E-state index in [9.17, 15) is 4.79 Å². The second-order valence-corrected chi connectivity index (χ2v) is 6.06. The zero-order valence-corrected chi connectivity index (χ0v) is 14.2. The van der Waals surface area contributed by atoms with E-state index in [2.05, 4.69) is 40.2 Å². The van der Waals surface area contributed by atoms with Crippen LogP contribution >= 0.6 is 0 Å². The molecule has 2 amide bonds. The molecule has 1 aliphatic heterocycles. The van der Waals surface area contributed by atoms with Gasteiger partial charge in [-0.15, -0.1) is 0 Å². The van der Waals surface area contributed by atoms with Crippen LogP contribution in [0, 0.1) is 0 Å². The minimum absolute atomic E-state index is 0.249. The van der Waals surface area contributed by atoms with E-state index >= 15 is 0 Å². The molecule has 0 spiro atoms. The summed E-state index contributed by atoms with van der Waals surface area (Å²) in [6.45, 7) is 0.559. The zero-order valence-electron chi connectivity index (χ0n) is 14.2. The Morgan fingerprint density at radius 3 is 2.19 bits per heavy atom. The van der Waals surface area contributed by atoms with Gasteiger partial charge in [-0.25, -0.2) is 4.79 Å². The minimum atomic E-state index is -0.249. The van der Waals surface area contributed by atoms with E-state index < -0.39 is 0 Å². The lowest BCUT2D eigenvalue weighted by Gasteiger charge is -2.25. The van der Waals surface area contributed by atoms with Gasteiger partial charge in [-0.3, -0.25) is 0 Å². The fourth-order valence-electron chi connectivity index (χ4n) is 3.15. The molecule has 1 aliphatic rings. The Balaban J connectivity index is 1.69. The van der Waals surface area contributed by atoms with E-state index in [-0.39, 0.29) is 6.03 Å². The third-order valence-corrected chi connectivity index (χ3v) is 4.31. The zero-order chi connectivity index (χ0) is 17.8. The largest absolute Gasteiger partial charge is 0.379 e. The summed E-state index contributed by atoms with van der Waals surface area (Å²) in [5.41, 5.74) is 5.89. The van der Waals surface area contributed by atoms with Crippen LogP contribution in [-0.2, 0) is 0 Å². The SMILES string of the molecule is O=C(NC1=C(c2ccccc2)c2ccccc2NC1)Nc1ccccc1. The van der Waals surface area contributed by atoms with Crippen LogP contribution in [0.25, 0.3) is 5.57 Å². The van der Waals surface area contributed by atoms with Gasteiger partial charge in [-0.05, 0) is 23.8 Å². The van der Waals surface area contributed by atoms with Crippen molar-refractivity contribution >= 4 is 23.0 Å². The number of urea groups is 1. The third kappa shape index (κ3) is 3.30. The maximum Gasteiger partial charge on any atom is 0.323 e. The molecule has 0 unspecified atom stereocenters. The van der Waals surface area contributed by atoms with Gasteiger partial charge in [0.15, 0.2) is 0 Å². The van der Waals surface area contributed by atoms with E-state index in [0.29, 0.717) is 6.54 Å². The van der Waals surface area contributed by atoms with E-state index in [1.54, 1.807) is 0 Å². The molecule has 3 aromatic carbocycles. The Morgan fingerprint density at radius 2 is 1.42 bits per heavy atom. The first-order valence-electron chi connectivity index (χ1n) is 8.56. The van der Waals surface area contributed by atoms with Crippen LogP contribution in [-0.4, -0.2) is 12.6 Å². The van der Waals surface area contributed by atoms with E-state index in [0.717, 1.165) is 33.8 Å². The number of carbonyl (C=O) groups is 1. The quantitative estimate of drug-likeness (QED) is 0.647. The number of amides is 2. The second kappa shape index (κ2) is 7.15. The fraction of sp³-hybridized carbons (Fsp3) is 0.0455. The van der Waals surface area contributed by atoms with Crippen LogP contribution in [0.3, 0.4) is 0 Å². The molecule has 4 rings (SSSR count). The predicted octanol–water partition coefficient (Wildman–Crippen LogP) is 4.69. The lowest BCUT2D eigenvalue weighted by molar-refractivity contribution is 0.254. The Kier molecular flexibility index (Phi) is 4.39. The monoisotopic (exact) mass is 341 g/mol. The van der Waals surface area contributed by atoms with Gasteiger partial charge in [0, 0.05) is 28.2 Å². The third-order valence-electron chi connectivity index (χ3n) is 4.31. The summed E-state index contributed by atoms with van der Waals surface area (Å²) in [6, 6.07) is 27.5. The van der Waals surface area contributed by atoms with Crippen molar-refractivity contribution in [2.24, 2.45) is 0 Å². The first kappa shape index (κ1) is 16.0. The molecule has 0 radical (unpaired) electrons. The number of hydrogen-bond acceptors (Lipinski definition) is 2. The highest BCUT2D eigenvalue weighted by Crippen LogP contribution is 2.34. The lowest BCUT2D eigenvalue weighted by Crippen LogP contribution is -2.33. The van der Waals surface area contributed by atoms with Crippen molar-refractivity contribution in [3.8, 4) is 0 Å². The average molecular weight is 341 g/mol. The molecule has 0 saturated heterocycles. The maximum absolute atomic E-state index is 12.5. The first-order valence-corrected chi connectivity index (χ1v) is 8.56. The van der Waals surface area contributed by atoms with Gasteiger partial charge in [0.2, 0.25) is 0 Å². The van der Waals surface area contributed by atoms with Crippen molar-refractivity contribution in [3.05, 3.63) is 102 Å². The second-order valence-electron chi connectivity index (χ2n) is 6.06. The smallest absolute Gasteiger partial charge is 0.323 e.